The Labute approximate surface area is 318 Å². The highest BCUT2D eigenvalue weighted by atomic mass is 16.7. The van der Waals surface area contributed by atoms with E-state index in [2.05, 4.69) is 40.7 Å². The summed E-state index contributed by atoms with van der Waals surface area (Å²) in [6.45, 7) is 12.1. The van der Waals surface area contributed by atoms with Crippen molar-refractivity contribution < 1.29 is 65.0 Å². The Bertz CT molecular complexity index is 1460. The lowest BCUT2D eigenvalue weighted by Crippen LogP contribution is -2.68. The Morgan fingerprint density at radius 3 is 2.22 bits per heavy atom. The SMILES string of the molecule is C[C@H]1[C@H](C)CC[C@]2(C(=O)O[C@@H]3O[C@H](CO)[C@@H](O)[C@H](O)[C@@H]3[C@@H]3OC[C@H](O)[C@H](O)[C@H]3O)CC[C@]3(C)C(=CC[C@@H]4[C@@]5(C)C[C@@H](O)[C@H](O)[C@@](C)(CO)[C@@H]5CC[C@]43C)[C@H]12. The lowest BCUT2D eigenvalue weighted by Gasteiger charge is -2.71. The smallest absolute Gasteiger partial charge is 0.315 e. The van der Waals surface area contributed by atoms with Gasteiger partial charge in [0.1, 0.15) is 30.5 Å². The molecule has 54 heavy (non-hydrogen) atoms. The quantitative estimate of drug-likeness (QED) is 0.141. The van der Waals surface area contributed by atoms with Crippen molar-refractivity contribution >= 4 is 5.97 Å². The number of carbonyl (C=O) groups is 1. The molecule has 21 atom stereocenters. The first kappa shape index (κ1) is 40.9. The summed E-state index contributed by atoms with van der Waals surface area (Å²) in [4.78, 5) is 15.0. The van der Waals surface area contributed by atoms with Crippen molar-refractivity contribution in [3.63, 3.8) is 0 Å². The van der Waals surface area contributed by atoms with E-state index in [0.717, 1.165) is 25.7 Å². The molecule has 13 heteroatoms. The third kappa shape index (κ3) is 5.53. The standard InChI is InChI=1S/C41H66O13/c1-19-9-12-41(36(51)54-35-27(31(48)30(47)24(16-42)53-35)33-32(49)29(46)23(45)17-52-33)14-13-39(5)21(28(41)20(19)2)7-8-26-37(3)15-22(44)34(50)38(4,18-43)25(37)10-11-40(26,39)6/h7,19-20,22-35,42-50H,8-18H2,1-6H3/t19-,20+,22-,23+,24-,25-,26-,27-,28+,29+,30-,31-,32-,33+,34+,35+,37+,38+,39-,40-,41+/m1/s1. The molecule has 308 valence electrons. The van der Waals surface area contributed by atoms with E-state index in [4.69, 9.17) is 14.2 Å². The van der Waals surface area contributed by atoms with Crippen molar-refractivity contribution in [2.45, 2.75) is 154 Å². The second-order valence-corrected chi connectivity index (χ2v) is 19.7. The molecule has 0 radical (unpaired) electrons. The van der Waals surface area contributed by atoms with Crippen LogP contribution in [0.5, 0.6) is 0 Å². The van der Waals surface area contributed by atoms with Crippen molar-refractivity contribution in [2.75, 3.05) is 19.8 Å². The van der Waals surface area contributed by atoms with Crippen molar-refractivity contribution in [3.05, 3.63) is 11.6 Å². The second kappa shape index (κ2) is 14.0. The molecule has 6 fully saturated rings. The van der Waals surface area contributed by atoms with Crippen LogP contribution in [0.4, 0.5) is 0 Å². The Hall–Kier alpha value is -1.23. The Morgan fingerprint density at radius 1 is 0.852 bits per heavy atom. The topological polar surface area (TPSA) is 227 Å². The summed E-state index contributed by atoms with van der Waals surface area (Å²) < 4.78 is 18.0. The molecule has 0 spiro atoms. The van der Waals surface area contributed by atoms with Gasteiger partial charge in [-0.05, 0) is 97.2 Å². The number of hydrogen-bond acceptors (Lipinski definition) is 13. The van der Waals surface area contributed by atoms with Gasteiger partial charge in [-0.15, -0.1) is 0 Å². The Kier molecular flexibility index (Phi) is 10.6. The summed E-state index contributed by atoms with van der Waals surface area (Å²) in [5.41, 5.74) is -1.38. The average Bonchev–Trinajstić information content (AvgIpc) is 3.13. The molecule has 4 saturated carbocycles. The summed E-state index contributed by atoms with van der Waals surface area (Å²) in [5, 5.41) is 96.9. The molecule has 0 aromatic carbocycles. The van der Waals surface area contributed by atoms with Crippen LogP contribution < -0.4 is 0 Å². The summed E-state index contributed by atoms with van der Waals surface area (Å²) >= 11 is 0. The number of rotatable bonds is 5. The Balaban J connectivity index is 1.24. The first-order valence-electron chi connectivity index (χ1n) is 20.4. The predicted molar refractivity (Wildman–Crippen MR) is 193 cm³/mol. The molecule has 0 aromatic heterocycles. The predicted octanol–water partition coefficient (Wildman–Crippen LogP) is 1.03. The van der Waals surface area contributed by atoms with Crippen LogP contribution in [0.3, 0.4) is 0 Å². The van der Waals surface area contributed by atoms with Crippen LogP contribution in [0.1, 0.15) is 92.9 Å². The van der Waals surface area contributed by atoms with Gasteiger partial charge in [0.25, 0.3) is 0 Å². The maximum atomic E-state index is 15.0. The van der Waals surface area contributed by atoms with Gasteiger partial charge < -0.3 is 60.2 Å². The fourth-order valence-corrected chi connectivity index (χ4v) is 13.9. The average molecular weight is 767 g/mol. The lowest BCUT2D eigenvalue weighted by molar-refractivity contribution is -0.316. The number of fused-ring (bicyclic) bond motifs is 7. The summed E-state index contributed by atoms with van der Waals surface area (Å²) in [6, 6.07) is 0. The minimum Gasteiger partial charge on any atom is -0.435 e. The van der Waals surface area contributed by atoms with Gasteiger partial charge in [0.05, 0.1) is 55.6 Å². The van der Waals surface area contributed by atoms with Gasteiger partial charge in [-0.2, -0.15) is 0 Å². The van der Waals surface area contributed by atoms with E-state index in [9.17, 15) is 46.0 Å². The monoisotopic (exact) mass is 766 g/mol. The molecule has 5 aliphatic carbocycles. The molecule has 0 unspecified atom stereocenters. The van der Waals surface area contributed by atoms with E-state index in [1.807, 2.05) is 6.92 Å². The molecule has 0 amide bonds. The van der Waals surface area contributed by atoms with E-state index in [1.165, 1.54) is 5.57 Å². The van der Waals surface area contributed by atoms with E-state index in [-0.39, 0.29) is 53.1 Å². The van der Waals surface area contributed by atoms with Gasteiger partial charge in [0.2, 0.25) is 6.29 Å². The van der Waals surface area contributed by atoms with E-state index in [0.29, 0.717) is 31.6 Å². The van der Waals surface area contributed by atoms with Crippen molar-refractivity contribution in [2.24, 2.45) is 62.6 Å². The highest BCUT2D eigenvalue weighted by Crippen LogP contribution is 2.76. The number of allylic oxidation sites excluding steroid dienone is 2. The minimum atomic E-state index is -1.69. The molecule has 9 N–H and O–H groups in total. The number of hydrogen-bond donors (Lipinski definition) is 9. The molecular formula is C41H66O13. The van der Waals surface area contributed by atoms with Crippen LogP contribution >= 0.6 is 0 Å². The van der Waals surface area contributed by atoms with Gasteiger partial charge in [0, 0.05) is 5.41 Å². The summed E-state index contributed by atoms with van der Waals surface area (Å²) in [7, 11) is 0. The first-order chi connectivity index (χ1) is 25.3. The number of esters is 1. The van der Waals surface area contributed by atoms with Crippen LogP contribution in [-0.2, 0) is 19.0 Å². The third-order valence-corrected chi connectivity index (χ3v) is 17.6. The molecule has 2 saturated heterocycles. The highest BCUT2D eigenvalue weighted by molar-refractivity contribution is 5.79. The molecule has 0 bridgehead atoms. The third-order valence-electron chi connectivity index (χ3n) is 17.6. The zero-order chi connectivity index (χ0) is 39.5. The van der Waals surface area contributed by atoms with Crippen LogP contribution in [0.15, 0.2) is 11.6 Å². The molecule has 2 aliphatic heterocycles. The lowest BCUT2D eigenvalue weighted by atomic mass is 9.33. The maximum absolute atomic E-state index is 15.0. The summed E-state index contributed by atoms with van der Waals surface area (Å²) in [6.07, 6.45) is -6.27. The number of aliphatic hydroxyl groups excluding tert-OH is 9. The van der Waals surface area contributed by atoms with Crippen molar-refractivity contribution in [3.8, 4) is 0 Å². The van der Waals surface area contributed by atoms with E-state index < -0.39 is 90.5 Å². The van der Waals surface area contributed by atoms with Gasteiger partial charge in [-0.3, -0.25) is 4.79 Å². The van der Waals surface area contributed by atoms with E-state index >= 15 is 4.79 Å². The molecule has 7 rings (SSSR count). The zero-order valence-electron chi connectivity index (χ0n) is 32.8. The van der Waals surface area contributed by atoms with Crippen LogP contribution in [0.2, 0.25) is 0 Å². The Morgan fingerprint density at radius 2 is 1.56 bits per heavy atom. The molecule has 0 aromatic rings. The fourth-order valence-electron chi connectivity index (χ4n) is 13.9. The normalized spacial score (nSPS) is 57.4. The molecule has 7 aliphatic rings. The number of carbonyl (C=O) groups excluding carboxylic acids is 1. The number of ether oxygens (including phenoxy) is 3. The van der Waals surface area contributed by atoms with Gasteiger partial charge in [0.15, 0.2) is 0 Å². The second-order valence-electron chi connectivity index (χ2n) is 19.7. The van der Waals surface area contributed by atoms with Gasteiger partial charge in [-0.25, -0.2) is 0 Å². The van der Waals surface area contributed by atoms with Gasteiger partial charge >= 0.3 is 5.97 Å². The molecule has 2 heterocycles. The highest BCUT2D eigenvalue weighted by Gasteiger charge is 2.71. The number of aliphatic hydroxyl groups is 9. The van der Waals surface area contributed by atoms with Gasteiger partial charge in [-0.1, -0.05) is 53.2 Å². The maximum Gasteiger partial charge on any atom is 0.315 e. The van der Waals surface area contributed by atoms with Crippen LogP contribution in [-0.4, -0.2) is 133 Å². The fraction of sp³-hybridized carbons (Fsp3) is 0.927. The molecular weight excluding hydrogens is 700 g/mol. The van der Waals surface area contributed by atoms with Crippen molar-refractivity contribution in [1.29, 1.82) is 0 Å². The largest absolute Gasteiger partial charge is 0.435 e. The summed E-state index contributed by atoms with van der Waals surface area (Å²) in [5.74, 6) is -1.44. The van der Waals surface area contributed by atoms with Crippen molar-refractivity contribution in [1.82, 2.24) is 0 Å². The van der Waals surface area contributed by atoms with Crippen LogP contribution in [0, 0.1) is 62.6 Å². The minimum absolute atomic E-state index is 0.0207. The first-order valence-corrected chi connectivity index (χ1v) is 20.4. The zero-order valence-corrected chi connectivity index (χ0v) is 32.8. The van der Waals surface area contributed by atoms with E-state index in [1.54, 1.807) is 0 Å². The van der Waals surface area contributed by atoms with Crippen LogP contribution in [0.25, 0.3) is 0 Å². The molecule has 13 nitrogen and oxygen atoms in total.